The first kappa shape index (κ1) is 11.0. The van der Waals surface area contributed by atoms with Crippen LogP contribution in [0.25, 0.3) is 0 Å². The van der Waals surface area contributed by atoms with Crippen molar-refractivity contribution in [3.63, 3.8) is 0 Å². The molecule has 0 atom stereocenters. The monoisotopic (exact) mass is 242 g/mol. The topological polar surface area (TPSA) is 17.1 Å². The SMILES string of the molecule is O=C(CCC1CC1)c1cccc(Cl)c1Cl. The molecule has 0 aliphatic heterocycles. The highest BCUT2D eigenvalue weighted by Gasteiger charge is 2.22. The number of carbonyl (C=O) groups is 1. The molecule has 2 rings (SSSR count). The highest BCUT2D eigenvalue weighted by Crippen LogP contribution is 2.34. The van der Waals surface area contributed by atoms with Crippen LogP contribution in [-0.2, 0) is 0 Å². The van der Waals surface area contributed by atoms with Gasteiger partial charge in [0.1, 0.15) is 0 Å². The zero-order chi connectivity index (χ0) is 10.8. The summed E-state index contributed by atoms with van der Waals surface area (Å²) >= 11 is 11.8. The minimum Gasteiger partial charge on any atom is -0.294 e. The second-order valence-electron chi connectivity index (χ2n) is 4.01. The van der Waals surface area contributed by atoms with Crippen LogP contribution in [0.2, 0.25) is 10.0 Å². The predicted molar refractivity (Wildman–Crippen MR) is 62.8 cm³/mol. The third-order valence-corrected chi connectivity index (χ3v) is 3.55. The van der Waals surface area contributed by atoms with Crippen LogP contribution in [0.15, 0.2) is 18.2 Å². The minimum absolute atomic E-state index is 0.106. The fraction of sp³-hybridized carbons (Fsp3) is 0.417. The molecular formula is C12H12Cl2O. The molecule has 80 valence electrons. The molecule has 0 bridgehead atoms. The van der Waals surface area contributed by atoms with Crippen LogP contribution in [0, 0.1) is 5.92 Å². The number of benzene rings is 1. The first-order valence-electron chi connectivity index (χ1n) is 5.15. The number of carbonyl (C=O) groups excluding carboxylic acids is 1. The van der Waals surface area contributed by atoms with Gasteiger partial charge in [-0.15, -0.1) is 0 Å². The van der Waals surface area contributed by atoms with Crippen molar-refractivity contribution in [1.29, 1.82) is 0 Å². The van der Waals surface area contributed by atoms with Gasteiger partial charge in [0.25, 0.3) is 0 Å². The van der Waals surface area contributed by atoms with E-state index in [4.69, 9.17) is 23.2 Å². The lowest BCUT2D eigenvalue weighted by molar-refractivity contribution is 0.0978. The summed E-state index contributed by atoms with van der Waals surface area (Å²) in [4.78, 5) is 11.8. The third kappa shape index (κ3) is 2.73. The van der Waals surface area contributed by atoms with Crippen molar-refractivity contribution in [2.75, 3.05) is 0 Å². The van der Waals surface area contributed by atoms with Crippen LogP contribution < -0.4 is 0 Å². The van der Waals surface area contributed by atoms with Crippen LogP contribution in [0.3, 0.4) is 0 Å². The van der Waals surface area contributed by atoms with Gasteiger partial charge in [-0.2, -0.15) is 0 Å². The fourth-order valence-electron chi connectivity index (χ4n) is 1.60. The molecule has 0 spiro atoms. The highest BCUT2D eigenvalue weighted by atomic mass is 35.5. The van der Waals surface area contributed by atoms with Crippen LogP contribution in [0.1, 0.15) is 36.0 Å². The van der Waals surface area contributed by atoms with Crippen molar-refractivity contribution >= 4 is 29.0 Å². The smallest absolute Gasteiger partial charge is 0.164 e. The molecule has 0 unspecified atom stereocenters. The molecule has 1 fully saturated rings. The zero-order valence-electron chi connectivity index (χ0n) is 8.30. The average Bonchev–Trinajstić information content (AvgIpc) is 3.02. The number of Topliss-reactive ketones (excluding diaryl/α,β-unsaturated/α-hetero) is 1. The Bertz CT molecular complexity index is 383. The molecular weight excluding hydrogens is 231 g/mol. The van der Waals surface area contributed by atoms with Crippen LogP contribution in [0.5, 0.6) is 0 Å². The summed E-state index contributed by atoms with van der Waals surface area (Å²) in [5, 5.41) is 0.842. The van der Waals surface area contributed by atoms with Gasteiger partial charge in [-0.1, -0.05) is 42.1 Å². The molecule has 1 aliphatic carbocycles. The summed E-state index contributed by atoms with van der Waals surface area (Å²) in [6, 6.07) is 5.20. The van der Waals surface area contributed by atoms with E-state index in [9.17, 15) is 4.79 Å². The van der Waals surface area contributed by atoms with Gasteiger partial charge < -0.3 is 0 Å². The van der Waals surface area contributed by atoms with Crippen LogP contribution in [-0.4, -0.2) is 5.78 Å². The zero-order valence-corrected chi connectivity index (χ0v) is 9.81. The summed E-state index contributed by atoms with van der Waals surface area (Å²) in [6.45, 7) is 0. The maximum absolute atomic E-state index is 11.8. The standard InChI is InChI=1S/C12H12Cl2O/c13-10-3-1-2-9(12(10)14)11(15)7-6-8-4-5-8/h1-3,8H,4-7H2. The predicted octanol–water partition coefficient (Wildman–Crippen LogP) is 4.37. The molecule has 0 N–H and O–H groups in total. The van der Waals surface area contributed by atoms with Crippen molar-refractivity contribution in [2.45, 2.75) is 25.7 Å². The molecule has 1 nitrogen and oxygen atoms in total. The first-order chi connectivity index (χ1) is 7.18. The van der Waals surface area contributed by atoms with Gasteiger partial charge in [0.05, 0.1) is 10.0 Å². The Morgan fingerprint density at radius 3 is 2.73 bits per heavy atom. The summed E-state index contributed by atoms with van der Waals surface area (Å²) in [5.41, 5.74) is 0.560. The number of rotatable bonds is 4. The first-order valence-corrected chi connectivity index (χ1v) is 5.91. The second kappa shape index (κ2) is 4.54. The Kier molecular flexibility index (Phi) is 3.32. The summed E-state index contributed by atoms with van der Waals surface area (Å²) in [7, 11) is 0. The van der Waals surface area contributed by atoms with E-state index in [1.807, 2.05) is 0 Å². The Morgan fingerprint density at radius 1 is 1.33 bits per heavy atom. The molecule has 0 radical (unpaired) electrons. The lowest BCUT2D eigenvalue weighted by Gasteiger charge is -2.04. The second-order valence-corrected chi connectivity index (χ2v) is 4.79. The van der Waals surface area contributed by atoms with Gasteiger partial charge in [-0.05, 0) is 24.5 Å². The van der Waals surface area contributed by atoms with E-state index in [0.29, 0.717) is 22.0 Å². The van der Waals surface area contributed by atoms with E-state index in [1.165, 1.54) is 12.8 Å². The minimum atomic E-state index is 0.106. The molecule has 0 heterocycles. The van der Waals surface area contributed by atoms with E-state index in [2.05, 4.69) is 0 Å². The van der Waals surface area contributed by atoms with E-state index >= 15 is 0 Å². The quantitative estimate of drug-likeness (QED) is 0.717. The maximum Gasteiger partial charge on any atom is 0.164 e. The van der Waals surface area contributed by atoms with Crippen molar-refractivity contribution in [3.05, 3.63) is 33.8 Å². The van der Waals surface area contributed by atoms with E-state index in [0.717, 1.165) is 12.3 Å². The van der Waals surface area contributed by atoms with Crippen molar-refractivity contribution in [2.24, 2.45) is 5.92 Å². The molecule has 1 aromatic carbocycles. The molecule has 1 aromatic rings. The van der Waals surface area contributed by atoms with E-state index in [-0.39, 0.29) is 5.78 Å². The molecule has 0 amide bonds. The maximum atomic E-state index is 11.8. The number of hydrogen-bond acceptors (Lipinski definition) is 1. The summed E-state index contributed by atoms with van der Waals surface area (Å²) < 4.78 is 0. The number of halogens is 2. The van der Waals surface area contributed by atoms with Gasteiger partial charge in [0.15, 0.2) is 5.78 Å². The lowest BCUT2D eigenvalue weighted by atomic mass is 10.1. The molecule has 0 aromatic heterocycles. The number of ketones is 1. The molecule has 3 heteroatoms. The van der Waals surface area contributed by atoms with Crippen LogP contribution in [0.4, 0.5) is 0 Å². The Balaban J connectivity index is 2.06. The Labute approximate surface area is 99.4 Å². The van der Waals surface area contributed by atoms with Gasteiger partial charge in [0.2, 0.25) is 0 Å². The molecule has 15 heavy (non-hydrogen) atoms. The van der Waals surface area contributed by atoms with Gasteiger partial charge in [-0.3, -0.25) is 4.79 Å². The Morgan fingerprint density at radius 2 is 2.07 bits per heavy atom. The van der Waals surface area contributed by atoms with E-state index < -0.39 is 0 Å². The molecule has 1 aliphatic rings. The third-order valence-electron chi connectivity index (χ3n) is 2.73. The molecule has 1 saturated carbocycles. The van der Waals surface area contributed by atoms with E-state index in [1.54, 1.807) is 18.2 Å². The van der Waals surface area contributed by atoms with Gasteiger partial charge in [0, 0.05) is 12.0 Å². The Hall–Kier alpha value is -0.530. The number of hydrogen-bond donors (Lipinski definition) is 0. The van der Waals surface area contributed by atoms with Crippen LogP contribution >= 0.6 is 23.2 Å². The average molecular weight is 243 g/mol. The van der Waals surface area contributed by atoms with Crippen molar-refractivity contribution in [1.82, 2.24) is 0 Å². The molecule has 0 saturated heterocycles. The highest BCUT2D eigenvalue weighted by molar-refractivity contribution is 6.43. The fourth-order valence-corrected chi connectivity index (χ4v) is 2.00. The van der Waals surface area contributed by atoms with Crippen molar-refractivity contribution in [3.8, 4) is 0 Å². The van der Waals surface area contributed by atoms with Gasteiger partial charge >= 0.3 is 0 Å². The normalized spacial score (nSPS) is 15.3. The summed E-state index contributed by atoms with van der Waals surface area (Å²) in [6.07, 6.45) is 4.12. The summed E-state index contributed by atoms with van der Waals surface area (Å²) in [5.74, 6) is 0.876. The van der Waals surface area contributed by atoms with Gasteiger partial charge in [-0.25, -0.2) is 0 Å². The van der Waals surface area contributed by atoms with Crippen molar-refractivity contribution < 1.29 is 4.79 Å². The largest absolute Gasteiger partial charge is 0.294 e. The lowest BCUT2D eigenvalue weighted by Crippen LogP contribution is -2.00.